The molecule has 1 aromatic heterocycles. The highest BCUT2D eigenvalue weighted by Gasteiger charge is 2.15. The van der Waals surface area contributed by atoms with Gasteiger partial charge in [0.2, 0.25) is 0 Å². The van der Waals surface area contributed by atoms with Gasteiger partial charge in [0.25, 0.3) is 0 Å². The summed E-state index contributed by atoms with van der Waals surface area (Å²) in [6.07, 6.45) is 1.05. The molecule has 0 saturated heterocycles. The molecule has 0 aliphatic rings. The molecule has 1 unspecified atom stereocenters. The number of aryl methyl sites for hydroxylation is 1. The van der Waals surface area contributed by atoms with Crippen molar-refractivity contribution in [2.75, 3.05) is 0 Å². The summed E-state index contributed by atoms with van der Waals surface area (Å²) in [5.74, 6) is -0.765. The Bertz CT molecular complexity index is 283. The average molecular weight is 168 g/mol. The van der Waals surface area contributed by atoms with E-state index in [2.05, 4.69) is 9.97 Å². The maximum atomic E-state index is 10.3. The lowest BCUT2D eigenvalue weighted by molar-refractivity contribution is -0.147. The Hall–Kier alpha value is -1.49. The zero-order chi connectivity index (χ0) is 9.14. The Kier molecular flexibility index (Phi) is 2.35. The standard InChI is InChI=1S/C7H8N2O3/c1-4-8-2-5(3-9-4)6(10)7(11)12/h2-3,6,10H,1H3,(H,11,12). The highest BCUT2D eigenvalue weighted by molar-refractivity contribution is 5.73. The molecule has 12 heavy (non-hydrogen) atoms. The van der Waals surface area contributed by atoms with E-state index >= 15 is 0 Å². The Morgan fingerprint density at radius 3 is 2.42 bits per heavy atom. The van der Waals surface area contributed by atoms with Crippen LogP contribution in [0.3, 0.4) is 0 Å². The molecule has 0 aliphatic heterocycles. The molecule has 1 rings (SSSR count). The number of rotatable bonds is 2. The molecule has 1 heterocycles. The van der Waals surface area contributed by atoms with Crippen LogP contribution in [-0.2, 0) is 4.79 Å². The molecular weight excluding hydrogens is 160 g/mol. The van der Waals surface area contributed by atoms with Gasteiger partial charge in [-0.2, -0.15) is 0 Å². The predicted octanol–water partition coefficient (Wildman–Crippen LogP) is -0.0970. The fourth-order valence-electron chi connectivity index (χ4n) is 0.686. The van der Waals surface area contributed by atoms with Gasteiger partial charge in [-0.3, -0.25) is 0 Å². The minimum atomic E-state index is -1.54. The van der Waals surface area contributed by atoms with Gasteiger partial charge >= 0.3 is 5.97 Å². The first-order chi connectivity index (χ1) is 5.61. The van der Waals surface area contributed by atoms with Gasteiger partial charge in [0.15, 0.2) is 6.10 Å². The first-order valence-electron chi connectivity index (χ1n) is 3.30. The number of aliphatic hydroxyl groups is 1. The Labute approximate surface area is 68.7 Å². The van der Waals surface area contributed by atoms with Gasteiger partial charge in [0.05, 0.1) is 0 Å². The third-order valence-electron chi connectivity index (χ3n) is 1.35. The number of hydrogen-bond acceptors (Lipinski definition) is 4. The summed E-state index contributed by atoms with van der Waals surface area (Å²) in [6, 6.07) is 0. The highest BCUT2D eigenvalue weighted by Crippen LogP contribution is 2.09. The summed E-state index contributed by atoms with van der Waals surface area (Å²) in [6.45, 7) is 1.68. The molecule has 0 aromatic carbocycles. The zero-order valence-corrected chi connectivity index (χ0v) is 6.43. The molecule has 0 spiro atoms. The van der Waals surface area contributed by atoms with Crippen LogP contribution in [0.25, 0.3) is 0 Å². The maximum absolute atomic E-state index is 10.3. The van der Waals surface area contributed by atoms with Gasteiger partial charge in [-0.15, -0.1) is 0 Å². The Morgan fingerprint density at radius 2 is 2.00 bits per heavy atom. The van der Waals surface area contributed by atoms with Crippen LogP contribution in [-0.4, -0.2) is 26.2 Å². The smallest absolute Gasteiger partial charge is 0.337 e. The molecule has 0 radical (unpaired) electrons. The second kappa shape index (κ2) is 3.27. The number of carboxylic acid groups (broad SMARTS) is 1. The largest absolute Gasteiger partial charge is 0.479 e. The van der Waals surface area contributed by atoms with Crippen molar-refractivity contribution in [3.05, 3.63) is 23.8 Å². The molecule has 2 N–H and O–H groups in total. The van der Waals surface area contributed by atoms with E-state index in [0.717, 1.165) is 0 Å². The lowest BCUT2D eigenvalue weighted by Gasteiger charge is -2.03. The number of carboxylic acids is 1. The molecule has 1 aromatic rings. The summed E-state index contributed by atoms with van der Waals surface area (Å²) >= 11 is 0. The molecule has 0 amide bonds. The van der Waals surface area contributed by atoms with Crippen molar-refractivity contribution in [1.82, 2.24) is 9.97 Å². The van der Waals surface area contributed by atoms with Gasteiger partial charge < -0.3 is 10.2 Å². The Morgan fingerprint density at radius 1 is 1.50 bits per heavy atom. The van der Waals surface area contributed by atoms with Crippen molar-refractivity contribution in [2.45, 2.75) is 13.0 Å². The summed E-state index contributed by atoms with van der Waals surface area (Å²) in [4.78, 5) is 17.8. The minimum absolute atomic E-state index is 0.188. The fraction of sp³-hybridized carbons (Fsp3) is 0.286. The summed E-state index contributed by atoms with van der Waals surface area (Å²) in [5, 5.41) is 17.4. The lowest BCUT2D eigenvalue weighted by atomic mass is 10.2. The van der Waals surface area contributed by atoms with Gasteiger partial charge in [0.1, 0.15) is 5.82 Å². The number of nitrogens with zero attached hydrogens (tertiary/aromatic N) is 2. The number of hydrogen-bond donors (Lipinski definition) is 2. The van der Waals surface area contributed by atoms with Gasteiger partial charge in [-0.25, -0.2) is 14.8 Å². The molecule has 5 nitrogen and oxygen atoms in total. The molecule has 0 fully saturated rings. The van der Waals surface area contributed by atoms with E-state index in [1.807, 2.05) is 0 Å². The average Bonchev–Trinajstić information content (AvgIpc) is 2.04. The van der Waals surface area contributed by atoms with Crippen molar-refractivity contribution in [3.63, 3.8) is 0 Å². The van der Waals surface area contributed by atoms with Crippen molar-refractivity contribution < 1.29 is 15.0 Å². The number of aliphatic carboxylic acids is 1. The van der Waals surface area contributed by atoms with Crippen LogP contribution >= 0.6 is 0 Å². The fourth-order valence-corrected chi connectivity index (χ4v) is 0.686. The molecule has 0 aliphatic carbocycles. The molecule has 64 valence electrons. The molecule has 0 bridgehead atoms. The molecule has 5 heteroatoms. The number of aliphatic hydroxyl groups excluding tert-OH is 1. The van der Waals surface area contributed by atoms with Crippen molar-refractivity contribution in [1.29, 1.82) is 0 Å². The topological polar surface area (TPSA) is 83.3 Å². The molecule has 1 atom stereocenters. The van der Waals surface area contributed by atoms with Crippen LogP contribution in [0.4, 0.5) is 0 Å². The van der Waals surface area contributed by atoms with Crippen LogP contribution in [0, 0.1) is 6.92 Å². The van der Waals surface area contributed by atoms with Crippen LogP contribution in [0.5, 0.6) is 0 Å². The predicted molar refractivity (Wildman–Crippen MR) is 39.4 cm³/mol. The molecule has 0 saturated carbocycles. The number of carbonyl (C=O) groups is 1. The normalized spacial score (nSPS) is 12.5. The molecular formula is C7H8N2O3. The zero-order valence-electron chi connectivity index (χ0n) is 6.43. The number of aromatic nitrogens is 2. The van der Waals surface area contributed by atoms with E-state index in [1.54, 1.807) is 6.92 Å². The van der Waals surface area contributed by atoms with Crippen molar-refractivity contribution in [3.8, 4) is 0 Å². The summed E-state index contributed by atoms with van der Waals surface area (Å²) in [5.41, 5.74) is 0.188. The third-order valence-corrected chi connectivity index (χ3v) is 1.35. The van der Waals surface area contributed by atoms with E-state index in [-0.39, 0.29) is 5.56 Å². The van der Waals surface area contributed by atoms with E-state index in [0.29, 0.717) is 5.82 Å². The van der Waals surface area contributed by atoms with Crippen molar-refractivity contribution in [2.24, 2.45) is 0 Å². The van der Waals surface area contributed by atoms with Gasteiger partial charge in [-0.05, 0) is 6.92 Å². The van der Waals surface area contributed by atoms with Gasteiger partial charge in [0, 0.05) is 18.0 Å². The first-order valence-corrected chi connectivity index (χ1v) is 3.30. The maximum Gasteiger partial charge on any atom is 0.337 e. The SMILES string of the molecule is Cc1ncc(C(O)C(=O)O)cn1. The second-order valence-electron chi connectivity index (χ2n) is 2.30. The van der Waals surface area contributed by atoms with Crippen LogP contribution in [0.2, 0.25) is 0 Å². The second-order valence-corrected chi connectivity index (χ2v) is 2.30. The van der Waals surface area contributed by atoms with E-state index in [9.17, 15) is 4.79 Å². The summed E-state index contributed by atoms with van der Waals surface area (Å²) in [7, 11) is 0. The van der Waals surface area contributed by atoms with E-state index in [4.69, 9.17) is 10.2 Å². The van der Waals surface area contributed by atoms with E-state index < -0.39 is 12.1 Å². The van der Waals surface area contributed by atoms with Crippen molar-refractivity contribution >= 4 is 5.97 Å². The third kappa shape index (κ3) is 1.76. The van der Waals surface area contributed by atoms with Gasteiger partial charge in [-0.1, -0.05) is 0 Å². The van der Waals surface area contributed by atoms with Crippen LogP contribution < -0.4 is 0 Å². The van der Waals surface area contributed by atoms with Crippen LogP contribution in [0.15, 0.2) is 12.4 Å². The van der Waals surface area contributed by atoms with E-state index in [1.165, 1.54) is 12.4 Å². The highest BCUT2D eigenvalue weighted by atomic mass is 16.4. The minimum Gasteiger partial charge on any atom is -0.479 e. The monoisotopic (exact) mass is 168 g/mol. The quantitative estimate of drug-likeness (QED) is 0.644. The Balaban J connectivity index is 2.89. The van der Waals surface area contributed by atoms with Crippen LogP contribution in [0.1, 0.15) is 17.5 Å². The lowest BCUT2D eigenvalue weighted by Crippen LogP contribution is -2.11. The first kappa shape index (κ1) is 8.61. The summed E-state index contributed by atoms with van der Waals surface area (Å²) < 4.78 is 0.